The van der Waals surface area contributed by atoms with Gasteiger partial charge < -0.3 is 9.47 Å². The van der Waals surface area contributed by atoms with Crippen LogP contribution in [0.4, 0.5) is 0 Å². The molecule has 9 nitrogen and oxygen atoms in total. The zero-order valence-electron chi connectivity index (χ0n) is 17.6. The van der Waals surface area contributed by atoms with Crippen molar-refractivity contribution in [3.05, 3.63) is 29.3 Å². The molecule has 1 atom stereocenters. The van der Waals surface area contributed by atoms with E-state index in [9.17, 15) is 26.4 Å². The van der Waals surface area contributed by atoms with Gasteiger partial charge in [0.05, 0.1) is 41.7 Å². The highest BCUT2D eigenvalue weighted by Crippen LogP contribution is 2.34. The third kappa shape index (κ3) is 5.09. The van der Waals surface area contributed by atoms with Gasteiger partial charge in [-0.2, -0.15) is 4.31 Å². The molecule has 1 saturated heterocycles. The van der Waals surface area contributed by atoms with Crippen molar-refractivity contribution in [3.63, 3.8) is 0 Å². The summed E-state index contributed by atoms with van der Waals surface area (Å²) in [4.78, 5) is 24.0. The molecule has 3 rings (SSSR count). The summed E-state index contributed by atoms with van der Waals surface area (Å²) < 4.78 is 62.5. The number of sulfone groups is 1. The average molecular weight is 474 g/mol. The highest BCUT2D eigenvalue weighted by molar-refractivity contribution is 7.92. The van der Waals surface area contributed by atoms with E-state index in [2.05, 4.69) is 0 Å². The molecule has 11 heteroatoms. The summed E-state index contributed by atoms with van der Waals surface area (Å²) >= 11 is 0. The Bertz CT molecular complexity index is 1020. The van der Waals surface area contributed by atoms with Crippen LogP contribution in [0.2, 0.25) is 0 Å². The molecular formula is C20H27NO8S2. The van der Waals surface area contributed by atoms with Gasteiger partial charge in [-0.1, -0.05) is 19.3 Å². The predicted molar refractivity (Wildman–Crippen MR) is 112 cm³/mol. The van der Waals surface area contributed by atoms with Gasteiger partial charge in [0.25, 0.3) is 0 Å². The molecule has 0 spiro atoms. The maximum Gasteiger partial charge on any atom is 0.337 e. The minimum atomic E-state index is -4.21. The summed E-state index contributed by atoms with van der Waals surface area (Å²) in [5.74, 6) is -1.89. The van der Waals surface area contributed by atoms with Crippen LogP contribution in [-0.2, 0) is 29.3 Å². The summed E-state index contributed by atoms with van der Waals surface area (Å²) in [6, 6.07) is 2.52. The Morgan fingerprint density at radius 2 is 1.45 bits per heavy atom. The van der Waals surface area contributed by atoms with Crippen molar-refractivity contribution in [2.75, 3.05) is 25.7 Å². The number of ether oxygens (including phenoxy) is 2. The van der Waals surface area contributed by atoms with Gasteiger partial charge in [-0.3, -0.25) is 0 Å². The van der Waals surface area contributed by atoms with Crippen LogP contribution >= 0.6 is 0 Å². The molecule has 31 heavy (non-hydrogen) atoms. The first kappa shape index (κ1) is 23.7. The van der Waals surface area contributed by atoms with E-state index in [4.69, 9.17) is 9.47 Å². The number of sulfonamides is 1. The molecule has 1 saturated carbocycles. The van der Waals surface area contributed by atoms with Crippen molar-refractivity contribution in [3.8, 4) is 0 Å². The lowest BCUT2D eigenvalue weighted by molar-refractivity contribution is 0.0598. The van der Waals surface area contributed by atoms with Crippen LogP contribution in [0.3, 0.4) is 0 Å². The first-order valence-electron chi connectivity index (χ1n) is 10.1. The van der Waals surface area contributed by atoms with Crippen LogP contribution < -0.4 is 0 Å². The second-order valence-electron chi connectivity index (χ2n) is 7.91. The number of methoxy groups -OCH3 is 2. The number of nitrogens with zero attached hydrogens (tertiary/aromatic N) is 1. The molecule has 0 N–H and O–H groups in total. The lowest BCUT2D eigenvalue weighted by Crippen LogP contribution is -2.48. The summed E-state index contributed by atoms with van der Waals surface area (Å²) in [6.45, 7) is 0. The van der Waals surface area contributed by atoms with Gasteiger partial charge in [0.2, 0.25) is 10.0 Å². The van der Waals surface area contributed by atoms with Crippen molar-refractivity contribution < 1.29 is 35.9 Å². The fourth-order valence-electron chi connectivity index (χ4n) is 4.34. The predicted octanol–water partition coefficient (Wildman–Crippen LogP) is 1.77. The van der Waals surface area contributed by atoms with Crippen molar-refractivity contribution in [2.24, 2.45) is 0 Å². The minimum absolute atomic E-state index is 0.0635. The number of hydrogen-bond donors (Lipinski definition) is 0. The topological polar surface area (TPSA) is 124 Å². The lowest BCUT2D eigenvalue weighted by Gasteiger charge is -2.37. The normalized spacial score (nSPS) is 21.7. The molecule has 1 aliphatic carbocycles. The fourth-order valence-corrected chi connectivity index (χ4v) is 8.12. The van der Waals surface area contributed by atoms with Gasteiger partial charge in [-0.05, 0) is 37.5 Å². The van der Waals surface area contributed by atoms with Crippen molar-refractivity contribution in [1.29, 1.82) is 0 Å². The number of rotatable bonds is 6. The van der Waals surface area contributed by atoms with E-state index in [0.29, 0.717) is 12.8 Å². The Balaban J connectivity index is 2.12. The van der Waals surface area contributed by atoms with E-state index in [1.165, 1.54) is 10.4 Å². The summed E-state index contributed by atoms with van der Waals surface area (Å²) in [5, 5.41) is 0. The first-order valence-corrected chi connectivity index (χ1v) is 13.4. The van der Waals surface area contributed by atoms with Crippen LogP contribution in [0.15, 0.2) is 23.1 Å². The molecule has 0 amide bonds. The Morgan fingerprint density at radius 3 is 1.90 bits per heavy atom. The highest BCUT2D eigenvalue weighted by atomic mass is 32.2. The Labute approximate surface area is 182 Å². The number of carbonyl (C=O) groups is 2. The van der Waals surface area contributed by atoms with Crippen LogP contribution in [-0.4, -0.2) is 70.9 Å². The molecule has 2 fully saturated rings. The maximum atomic E-state index is 13.8. The van der Waals surface area contributed by atoms with Gasteiger partial charge >= 0.3 is 11.9 Å². The number of carbonyl (C=O) groups excluding carboxylic acids is 2. The van der Waals surface area contributed by atoms with E-state index < -0.39 is 37.8 Å². The third-order valence-corrected chi connectivity index (χ3v) is 9.56. The van der Waals surface area contributed by atoms with Crippen LogP contribution in [0.25, 0.3) is 0 Å². The Morgan fingerprint density at radius 1 is 0.903 bits per heavy atom. The Kier molecular flexibility index (Phi) is 7.07. The maximum absolute atomic E-state index is 13.8. The first-order chi connectivity index (χ1) is 14.6. The molecule has 1 aromatic rings. The molecule has 0 bridgehead atoms. The fraction of sp³-hybridized carbons (Fsp3) is 0.600. The van der Waals surface area contributed by atoms with E-state index in [0.717, 1.165) is 45.6 Å². The average Bonchev–Trinajstić information content (AvgIpc) is 3.11. The second kappa shape index (κ2) is 9.25. The van der Waals surface area contributed by atoms with Crippen LogP contribution in [0.5, 0.6) is 0 Å². The van der Waals surface area contributed by atoms with E-state index in [1.807, 2.05) is 0 Å². The molecule has 2 aliphatic rings. The van der Waals surface area contributed by atoms with Crippen LogP contribution in [0, 0.1) is 0 Å². The highest BCUT2D eigenvalue weighted by Gasteiger charge is 2.43. The van der Waals surface area contributed by atoms with E-state index >= 15 is 0 Å². The standard InChI is InChI=1S/C20H27NO8S2/c1-28-19(22)14-10-15(20(23)29-2)12-18(11-14)31(26,27)21(16-6-4-3-5-7-16)17-8-9-30(24,25)13-17/h10-12,16-17H,3-9,13H2,1-2H3/t17-/m1/s1. The Hall–Kier alpha value is -1.98. The second-order valence-corrected chi connectivity index (χ2v) is 12.0. The molecule has 1 heterocycles. The molecular weight excluding hydrogens is 446 g/mol. The molecule has 0 aromatic heterocycles. The summed E-state index contributed by atoms with van der Waals surface area (Å²) in [6.07, 6.45) is 4.19. The molecule has 172 valence electrons. The van der Waals surface area contributed by atoms with E-state index in [-0.39, 0.29) is 40.0 Å². The minimum Gasteiger partial charge on any atom is -0.465 e. The van der Waals surface area contributed by atoms with Crippen molar-refractivity contribution >= 4 is 31.8 Å². The SMILES string of the molecule is COC(=O)c1cc(C(=O)OC)cc(S(=O)(=O)N(C2CCCCC2)[C@@H]2CCS(=O)(=O)C2)c1. The van der Waals surface area contributed by atoms with Crippen molar-refractivity contribution in [1.82, 2.24) is 4.31 Å². The summed E-state index contributed by atoms with van der Waals surface area (Å²) in [7, 11) is -5.23. The van der Waals surface area contributed by atoms with Gasteiger partial charge in [0.15, 0.2) is 9.84 Å². The number of esters is 2. The zero-order chi connectivity index (χ0) is 22.8. The third-order valence-electron chi connectivity index (χ3n) is 5.83. The zero-order valence-corrected chi connectivity index (χ0v) is 19.2. The van der Waals surface area contributed by atoms with Gasteiger partial charge in [-0.25, -0.2) is 26.4 Å². The van der Waals surface area contributed by atoms with Crippen molar-refractivity contribution in [2.45, 2.75) is 55.5 Å². The van der Waals surface area contributed by atoms with E-state index in [1.54, 1.807) is 0 Å². The van der Waals surface area contributed by atoms with Gasteiger partial charge in [0, 0.05) is 12.1 Å². The smallest absolute Gasteiger partial charge is 0.337 e. The number of hydrogen-bond acceptors (Lipinski definition) is 8. The largest absolute Gasteiger partial charge is 0.465 e. The summed E-state index contributed by atoms with van der Waals surface area (Å²) in [5.41, 5.74) is -0.210. The monoisotopic (exact) mass is 473 g/mol. The van der Waals surface area contributed by atoms with Crippen LogP contribution in [0.1, 0.15) is 59.2 Å². The molecule has 0 radical (unpaired) electrons. The molecule has 1 aromatic carbocycles. The quantitative estimate of drug-likeness (QED) is 0.573. The number of benzene rings is 1. The molecule has 0 unspecified atom stereocenters. The van der Waals surface area contributed by atoms with Gasteiger partial charge in [0.1, 0.15) is 0 Å². The molecule has 1 aliphatic heterocycles. The van der Waals surface area contributed by atoms with Gasteiger partial charge in [-0.15, -0.1) is 0 Å². The lowest BCUT2D eigenvalue weighted by atomic mass is 9.95.